The summed E-state index contributed by atoms with van der Waals surface area (Å²) in [7, 11) is 0. The van der Waals surface area contributed by atoms with Crippen LogP contribution in [0.15, 0.2) is 35.1 Å². The van der Waals surface area contributed by atoms with Crippen LogP contribution >= 0.6 is 0 Å². The Balaban J connectivity index is 1.68. The van der Waals surface area contributed by atoms with E-state index in [4.69, 9.17) is 4.52 Å². The van der Waals surface area contributed by atoms with Crippen molar-refractivity contribution in [3.63, 3.8) is 0 Å². The number of hydrogen-bond acceptors (Lipinski definition) is 7. The second-order valence-corrected chi connectivity index (χ2v) is 7.20. The smallest absolute Gasteiger partial charge is 0.263 e. The summed E-state index contributed by atoms with van der Waals surface area (Å²) < 4.78 is 18.4. The maximum atomic E-state index is 13.2. The molecule has 2 aromatic heterocycles. The van der Waals surface area contributed by atoms with Crippen molar-refractivity contribution >= 4 is 16.9 Å². The molecule has 0 amide bonds. The Bertz CT molecular complexity index is 946. The van der Waals surface area contributed by atoms with Crippen LogP contribution in [0.25, 0.3) is 11.1 Å². The second kappa shape index (κ2) is 6.86. The van der Waals surface area contributed by atoms with E-state index < -0.39 is 11.5 Å². The molecule has 0 radical (unpaired) electrons. The molecule has 0 saturated carbocycles. The molecule has 27 heavy (non-hydrogen) atoms. The van der Waals surface area contributed by atoms with E-state index in [9.17, 15) is 14.6 Å². The third-order valence-corrected chi connectivity index (χ3v) is 5.39. The summed E-state index contributed by atoms with van der Waals surface area (Å²) in [4.78, 5) is 10.5. The van der Waals surface area contributed by atoms with Gasteiger partial charge in [0.2, 0.25) is 0 Å². The van der Waals surface area contributed by atoms with Crippen molar-refractivity contribution in [2.75, 3.05) is 24.6 Å². The van der Waals surface area contributed by atoms with Crippen molar-refractivity contribution in [3.05, 3.63) is 47.7 Å². The van der Waals surface area contributed by atoms with Crippen LogP contribution in [0.2, 0.25) is 0 Å². The summed E-state index contributed by atoms with van der Waals surface area (Å²) in [5.41, 5.74) is 1.19. The molecule has 2 N–H and O–H groups in total. The van der Waals surface area contributed by atoms with E-state index in [1.165, 1.54) is 18.5 Å². The van der Waals surface area contributed by atoms with Gasteiger partial charge in [-0.1, -0.05) is 17.3 Å². The molecular formula is C19H21FN4O3. The summed E-state index contributed by atoms with van der Waals surface area (Å²) in [6.07, 6.45) is 1.66. The molecule has 0 spiro atoms. The fraction of sp³-hybridized carbons (Fsp3) is 0.421. The maximum Gasteiger partial charge on any atom is 0.263 e. The monoisotopic (exact) mass is 372 g/mol. The van der Waals surface area contributed by atoms with Crippen LogP contribution in [0.4, 0.5) is 10.2 Å². The van der Waals surface area contributed by atoms with Crippen molar-refractivity contribution in [1.29, 1.82) is 0 Å². The van der Waals surface area contributed by atoms with Gasteiger partial charge in [-0.25, -0.2) is 9.37 Å². The molecule has 1 aliphatic heterocycles. The van der Waals surface area contributed by atoms with Crippen LogP contribution in [0, 0.1) is 18.2 Å². The minimum Gasteiger partial charge on any atom is -0.396 e. The predicted octanol–water partition coefficient (Wildman–Crippen LogP) is 1.86. The van der Waals surface area contributed by atoms with Gasteiger partial charge in [-0.15, -0.1) is 0 Å². The maximum absolute atomic E-state index is 13.2. The zero-order chi connectivity index (χ0) is 19.0. The fourth-order valence-electron chi connectivity index (χ4n) is 3.87. The molecule has 1 saturated heterocycles. The van der Waals surface area contributed by atoms with Gasteiger partial charge in [-0.3, -0.25) is 0 Å². The first-order valence-electron chi connectivity index (χ1n) is 8.88. The molecule has 0 unspecified atom stereocenters. The van der Waals surface area contributed by atoms with Gasteiger partial charge in [0, 0.05) is 18.5 Å². The highest BCUT2D eigenvalue weighted by Gasteiger charge is 2.43. The Morgan fingerprint density at radius 3 is 2.81 bits per heavy atom. The van der Waals surface area contributed by atoms with Crippen molar-refractivity contribution in [2.24, 2.45) is 5.41 Å². The van der Waals surface area contributed by atoms with E-state index in [0.29, 0.717) is 43.2 Å². The number of aryl methyl sites for hydroxylation is 1. The second-order valence-electron chi connectivity index (χ2n) is 7.20. The molecule has 0 aliphatic carbocycles. The van der Waals surface area contributed by atoms with E-state index in [0.717, 1.165) is 10.9 Å². The van der Waals surface area contributed by atoms with Crippen molar-refractivity contribution in [1.82, 2.24) is 15.1 Å². The highest BCUT2D eigenvalue weighted by molar-refractivity contribution is 5.87. The fourth-order valence-corrected chi connectivity index (χ4v) is 3.87. The molecule has 142 valence electrons. The Morgan fingerprint density at radius 2 is 2.07 bits per heavy atom. The normalized spacial score (nSPS) is 23.1. The number of aliphatic hydroxyl groups excluding tert-OH is 2. The van der Waals surface area contributed by atoms with Gasteiger partial charge in [0.1, 0.15) is 23.3 Å². The highest BCUT2D eigenvalue weighted by Crippen LogP contribution is 2.37. The van der Waals surface area contributed by atoms with Crippen LogP contribution in [-0.2, 0) is 6.42 Å². The van der Waals surface area contributed by atoms with E-state index in [2.05, 4.69) is 15.1 Å². The van der Waals surface area contributed by atoms with Crippen molar-refractivity contribution < 1.29 is 19.1 Å². The average molecular weight is 372 g/mol. The first kappa shape index (κ1) is 17.8. The summed E-state index contributed by atoms with van der Waals surface area (Å²) in [6, 6.07) is 6.15. The van der Waals surface area contributed by atoms with Gasteiger partial charge in [0.15, 0.2) is 0 Å². The van der Waals surface area contributed by atoms with E-state index >= 15 is 0 Å². The number of nitrogens with zero attached hydrogens (tertiary/aromatic N) is 4. The summed E-state index contributed by atoms with van der Waals surface area (Å²) in [6.45, 7) is 2.62. The molecule has 1 aromatic carbocycles. The zero-order valence-electron chi connectivity index (χ0n) is 15.0. The largest absolute Gasteiger partial charge is 0.396 e. The molecule has 8 heteroatoms. The number of benzene rings is 1. The van der Waals surface area contributed by atoms with E-state index in [1.807, 2.05) is 11.8 Å². The Morgan fingerprint density at radius 1 is 1.30 bits per heavy atom. The molecule has 7 nitrogen and oxygen atoms in total. The predicted molar refractivity (Wildman–Crippen MR) is 96.8 cm³/mol. The Hall–Kier alpha value is -2.58. The lowest BCUT2D eigenvalue weighted by molar-refractivity contribution is -0.0292. The average Bonchev–Trinajstić information content (AvgIpc) is 3.07. The Kier molecular flexibility index (Phi) is 4.53. The number of anilines is 1. The SMILES string of the molecule is Cc1noc2ncnc(N3CC[C@H](O)[C@@](CO)(Cc4ccc(F)cc4)C3)c12. The van der Waals surface area contributed by atoms with Gasteiger partial charge in [0.05, 0.1) is 18.4 Å². The minimum absolute atomic E-state index is 0.196. The van der Waals surface area contributed by atoms with Gasteiger partial charge in [-0.2, -0.15) is 4.98 Å². The first-order valence-corrected chi connectivity index (χ1v) is 8.88. The van der Waals surface area contributed by atoms with E-state index in [-0.39, 0.29) is 12.4 Å². The lowest BCUT2D eigenvalue weighted by atomic mass is 9.73. The van der Waals surface area contributed by atoms with Crippen LogP contribution in [0.5, 0.6) is 0 Å². The third-order valence-electron chi connectivity index (χ3n) is 5.39. The molecule has 1 aliphatic rings. The first-order chi connectivity index (χ1) is 13.0. The third kappa shape index (κ3) is 3.15. The number of rotatable bonds is 4. The van der Waals surface area contributed by atoms with Crippen molar-refractivity contribution in [2.45, 2.75) is 25.9 Å². The van der Waals surface area contributed by atoms with Crippen LogP contribution in [0.3, 0.4) is 0 Å². The Labute approximate surface area is 155 Å². The number of aliphatic hydroxyl groups is 2. The van der Waals surface area contributed by atoms with E-state index in [1.54, 1.807) is 12.1 Å². The van der Waals surface area contributed by atoms with Crippen LogP contribution < -0.4 is 4.90 Å². The van der Waals surface area contributed by atoms with Gasteiger partial charge in [-0.05, 0) is 37.5 Å². The zero-order valence-corrected chi connectivity index (χ0v) is 15.0. The van der Waals surface area contributed by atoms with Gasteiger partial charge in [0.25, 0.3) is 5.71 Å². The number of piperidine rings is 1. The quantitative estimate of drug-likeness (QED) is 0.722. The van der Waals surface area contributed by atoms with Crippen molar-refractivity contribution in [3.8, 4) is 0 Å². The molecule has 4 rings (SSSR count). The number of halogens is 1. The lowest BCUT2D eigenvalue weighted by Gasteiger charge is -2.46. The molecule has 3 heterocycles. The standard InChI is InChI=1S/C19H21FN4O3/c1-12-16-17(21-11-22-18(16)27-23-12)24-7-6-15(26)19(9-24,10-25)8-13-2-4-14(20)5-3-13/h2-5,11,15,25-26H,6-10H2,1H3/t15-,19-/m0/s1. The number of hydrogen-bond donors (Lipinski definition) is 2. The molecule has 3 aromatic rings. The molecule has 1 fully saturated rings. The van der Waals surface area contributed by atoms with Gasteiger partial charge >= 0.3 is 0 Å². The molecular weight excluding hydrogens is 351 g/mol. The molecule has 2 atom stereocenters. The minimum atomic E-state index is -0.779. The lowest BCUT2D eigenvalue weighted by Crippen LogP contribution is -2.55. The summed E-state index contributed by atoms with van der Waals surface area (Å²) in [5.74, 6) is 0.372. The highest BCUT2D eigenvalue weighted by atomic mass is 19.1. The van der Waals surface area contributed by atoms with Crippen LogP contribution in [0.1, 0.15) is 17.7 Å². The number of aromatic nitrogens is 3. The van der Waals surface area contributed by atoms with Gasteiger partial charge < -0.3 is 19.6 Å². The summed E-state index contributed by atoms with van der Waals surface area (Å²) in [5, 5.41) is 25.6. The topological polar surface area (TPSA) is 95.5 Å². The van der Waals surface area contributed by atoms with Crippen LogP contribution in [-0.4, -0.2) is 51.1 Å². The molecule has 0 bridgehead atoms. The summed E-state index contributed by atoms with van der Waals surface area (Å²) >= 11 is 0. The number of fused-ring (bicyclic) bond motifs is 1.